The van der Waals surface area contributed by atoms with Gasteiger partial charge in [0.25, 0.3) is 0 Å². The maximum absolute atomic E-state index is 11.2. The van der Waals surface area contributed by atoms with E-state index in [1.807, 2.05) is 0 Å². The van der Waals surface area contributed by atoms with E-state index in [0.717, 1.165) is 0 Å². The van der Waals surface area contributed by atoms with Crippen LogP contribution in [0.15, 0.2) is 18.2 Å². The van der Waals surface area contributed by atoms with Crippen molar-refractivity contribution in [2.75, 3.05) is 11.5 Å². The van der Waals surface area contributed by atoms with Crippen LogP contribution < -0.4 is 11.5 Å². The molecule has 0 heterocycles. The average Bonchev–Trinajstić information content (AvgIpc) is 2.01. The van der Waals surface area contributed by atoms with Gasteiger partial charge < -0.3 is 16.6 Å². The molecule has 1 aromatic rings. The number of hydrogen-bond acceptors (Lipinski definition) is 4. The van der Waals surface area contributed by atoms with Crippen LogP contribution in [0, 0.1) is 6.92 Å². The second kappa shape index (κ2) is 3.45. The molecule has 4 nitrogen and oxygen atoms in total. The highest BCUT2D eigenvalue weighted by Gasteiger charge is 2.12. The molecule has 0 aromatic heterocycles. The summed E-state index contributed by atoms with van der Waals surface area (Å²) in [7, 11) is 0. The molecule has 1 radical (unpaired) electrons. The van der Waals surface area contributed by atoms with Crippen molar-refractivity contribution in [3.05, 3.63) is 30.7 Å². The lowest BCUT2D eigenvalue weighted by atomic mass is 10.1. The highest BCUT2D eigenvalue weighted by molar-refractivity contribution is 6.01. The third-order valence-electron chi connectivity index (χ3n) is 1.56. The number of rotatable bonds is 2. The minimum absolute atomic E-state index is 0.278. The maximum Gasteiger partial charge on any atom is 0.191 e. The number of benzene rings is 1. The Kier molecular flexibility index (Phi) is 2.53. The molecular formula is C9H11N2O2. The number of aliphatic hydroxyl groups is 1. The molecule has 1 aromatic carbocycles. The first-order chi connectivity index (χ1) is 6.00. The Bertz CT molecular complexity index is 314. The molecular weight excluding hydrogens is 168 g/mol. The topological polar surface area (TPSA) is 89.3 Å². The number of nitrogen functional groups attached to an aromatic ring is 2. The first-order valence-corrected chi connectivity index (χ1v) is 3.72. The minimum Gasteiger partial charge on any atom is -0.399 e. The van der Waals surface area contributed by atoms with Crippen LogP contribution in [-0.4, -0.2) is 17.0 Å². The number of nitrogens with two attached hydrogens (primary N) is 2. The van der Waals surface area contributed by atoms with Crippen LogP contribution in [0.25, 0.3) is 0 Å². The summed E-state index contributed by atoms with van der Waals surface area (Å²) in [4.78, 5) is 11.2. The van der Waals surface area contributed by atoms with E-state index in [-0.39, 0.29) is 5.56 Å². The van der Waals surface area contributed by atoms with Gasteiger partial charge in [-0.3, -0.25) is 4.79 Å². The van der Waals surface area contributed by atoms with Crippen molar-refractivity contribution < 1.29 is 9.90 Å². The highest BCUT2D eigenvalue weighted by Crippen LogP contribution is 2.14. The van der Waals surface area contributed by atoms with Gasteiger partial charge in [-0.1, -0.05) is 0 Å². The van der Waals surface area contributed by atoms with E-state index in [1.54, 1.807) is 0 Å². The summed E-state index contributed by atoms with van der Waals surface area (Å²) in [6.45, 7) is 3.20. The molecule has 0 fully saturated rings. The van der Waals surface area contributed by atoms with E-state index in [0.29, 0.717) is 11.4 Å². The summed E-state index contributed by atoms with van der Waals surface area (Å²) in [5.41, 5.74) is 12.0. The summed E-state index contributed by atoms with van der Waals surface area (Å²) < 4.78 is 0. The Morgan fingerprint density at radius 2 is 1.77 bits per heavy atom. The third kappa shape index (κ3) is 2.19. The molecule has 0 aliphatic carbocycles. The number of carbonyl (C=O) groups excluding carboxylic acids is 1. The van der Waals surface area contributed by atoms with Gasteiger partial charge in [0.15, 0.2) is 5.78 Å². The third-order valence-corrected chi connectivity index (χ3v) is 1.56. The largest absolute Gasteiger partial charge is 0.399 e. The number of Topliss-reactive ketones (excluding diaryl/α,β-unsaturated/α-hetero) is 1. The standard InChI is InChI=1S/C9H11N2O2/c1-5(12)9(13)6-2-7(10)4-8(11)3-6/h2-5,12H,1,10-11H2. The summed E-state index contributed by atoms with van der Waals surface area (Å²) >= 11 is 0. The zero-order chi connectivity index (χ0) is 10.0. The zero-order valence-electron chi connectivity index (χ0n) is 7.03. The SMILES string of the molecule is [CH2]C(O)C(=O)c1cc(N)cc(N)c1. The minimum atomic E-state index is -1.28. The molecule has 1 unspecified atom stereocenters. The van der Waals surface area contributed by atoms with E-state index < -0.39 is 11.9 Å². The predicted molar refractivity (Wildman–Crippen MR) is 51.0 cm³/mol. The van der Waals surface area contributed by atoms with Gasteiger partial charge in [0.2, 0.25) is 0 Å². The molecule has 0 bridgehead atoms. The number of hydrogen-bond donors (Lipinski definition) is 3. The Morgan fingerprint density at radius 3 is 2.15 bits per heavy atom. The lowest BCUT2D eigenvalue weighted by Gasteiger charge is -2.05. The van der Waals surface area contributed by atoms with Gasteiger partial charge in [0, 0.05) is 16.9 Å². The zero-order valence-corrected chi connectivity index (χ0v) is 7.03. The molecule has 1 rings (SSSR count). The normalized spacial score (nSPS) is 12.5. The van der Waals surface area contributed by atoms with E-state index in [2.05, 4.69) is 6.92 Å². The fourth-order valence-electron chi connectivity index (χ4n) is 1.01. The Hall–Kier alpha value is -1.55. The summed E-state index contributed by atoms with van der Waals surface area (Å²) in [5.74, 6) is -0.487. The van der Waals surface area contributed by atoms with Crippen LogP contribution in [0.3, 0.4) is 0 Å². The maximum atomic E-state index is 11.2. The average molecular weight is 179 g/mol. The fourth-order valence-corrected chi connectivity index (χ4v) is 1.01. The number of anilines is 2. The van der Waals surface area contributed by atoms with Crippen molar-refractivity contribution in [3.8, 4) is 0 Å². The highest BCUT2D eigenvalue weighted by atomic mass is 16.3. The van der Waals surface area contributed by atoms with Gasteiger partial charge in [-0.25, -0.2) is 0 Å². The van der Waals surface area contributed by atoms with Crippen molar-refractivity contribution >= 4 is 17.2 Å². The lowest BCUT2D eigenvalue weighted by Crippen LogP contribution is -2.16. The van der Waals surface area contributed by atoms with E-state index in [1.165, 1.54) is 18.2 Å². The predicted octanol–water partition coefficient (Wildman–Crippen LogP) is 0.229. The van der Waals surface area contributed by atoms with Gasteiger partial charge in [0.05, 0.1) is 0 Å². The van der Waals surface area contributed by atoms with Crippen LogP contribution in [-0.2, 0) is 0 Å². The number of carbonyl (C=O) groups is 1. The van der Waals surface area contributed by atoms with Gasteiger partial charge >= 0.3 is 0 Å². The van der Waals surface area contributed by atoms with Gasteiger partial charge in [0.1, 0.15) is 6.10 Å². The van der Waals surface area contributed by atoms with E-state index in [9.17, 15) is 4.79 Å². The van der Waals surface area contributed by atoms with E-state index >= 15 is 0 Å². The molecule has 5 N–H and O–H groups in total. The van der Waals surface area contributed by atoms with Crippen LogP contribution in [0.2, 0.25) is 0 Å². The first-order valence-electron chi connectivity index (χ1n) is 3.72. The summed E-state index contributed by atoms with van der Waals surface area (Å²) in [6, 6.07) is 4.44. The molecule has 4 heteroatoms. The number of aliphatic hydroxyl groups excluding tert-OH is 1. The number of ketones is 1. The summed E-state index contributed by atoms with van der Waals surface area (Å²) in [5, 5.41) is 8.91. The van der Waals surface area contributed by atoms with Crippen LogP contribution in [0.5, 0.6) is 0 Å². The smallest absolute Gasteiger partial charge is 0.191 e. The second-order valence-electron chi connectivity index (χ2n) is 2.77. The van der Waals surface area contributed by atoms with Crippen molar-refractivity contribution in [3.63, 3.8) is 0 Å². The van der Waals surface area contributed by atoms with Crippen molar-refractivity contribution in [2.24, 2.45) is 0 Å². The summed E-state index contributed by atoms with van der Waals surface area (Å²) in [6.07, 6.45) is -1.28. The van der Waals surface area contributed by atoms with Crippen LogP contribution in [0.1, 0.15) is 10.4 Å². The molecule has 0 spiro atoms. The Labute approximate surface area is 76.2 Å². The Morgan fingerprint density at radius 1 is 1.31 bits per heavy atom. The molecule has 0 aliphatic heterocycles. The molecule has 69 valence electrons. The molecule has 0 aliphatic rings. The first kappa shape index (κ1) is 9.54. The molecule has 0 saturated heterocycles. The Balaban J connectivity index is 3.08. The lowest BCUT2D eigenvalue weighted by molar-refractivity contribution is 0.0817. The monoisotopic (exact) mass is 179 g/mol. The quantitative estimate of drug-likeness (QED) is 0.447. The molecule has 1 atom stereocenters. The fraction of sp³-hybridized carbons (Fsp3) is 0.111. The van der Waals surface area contributed by atoms with Gasteiger partial charge in [-0.15, -0.1) is 0 Å². The van der Waals surface area contributed by atoms with Crippen LogP contribution >= 0.6 is 0 Å². The second-order valence-corrected chi connectivity index (χ2v) is 2.77. The molecule has 0 saturated carbocycles. The van der Waals surface area contributed by atoms with Crippen LogP contribution in [0.4, 0.5) is 11.4 Å². The van der Waals surface area contributed by atoms with E-state index in [4.69, 9.17) is 16.6 Å². The van der Waals surface area contributed by atoms with Gasteiger partial charge in [-0.2, -0.15) is 0 Å². The van der Waals surface area contributed by atoms with Gasteiger partial charge in [-0.05, 0) is 25.1 Å². The molecule has 0 amide bonds. The van der Waals surface area contributed by atoms with Crippen molar-refractivity contribution in [1.82, 2.24) is 0 Å². The van der Waals surface area contributed by atoms with Crippen molar-refractivity contribution in [2.45, 2.75) is 6.10 Å². The molecule has 13 heavy (non-hydrogen) atoms. The van der Waals surface area contributed by atoms with Crippen molar-refractivity contribution in [1.29, 1.82) is 0 Å².